The third-order valence-corrected chi connectivity index (χ3v) is 3.40. The number of halogens is 1. The Bertz CT molecular complexity index is 557. The molecule has 0 radical (unpaired) electrons. The van der Waals surface area contributed by atoms with E-state index in [9.17, 15) is 19.4 Å². The number of carbonyl (C=O) groups is 1. The van der Waals surface area contributed by atoms with Crippen LogP contribution in [-0.4, -0.2) is 42.0 Å². The molecule has 0 spiro atoms. The van der Waals surface area contributed by atoms with Crippen LogP contribution in [0.15, 0.2) is 48.6 Å². The second-order valence-corrected chi connectivity index (χ2v) is 5.55. The number of hydrogen-bond donors (Lipinski definition) is 3. The monoisotopic (exact) mass is 351 g/mol. The highest BCUT2D eigenvalue weighted by Gasteiger charge is 2.03. The Morgan fingerprint density at radius 3 is 2.36 bits per heavy atom. The SMILES string of the molecule is CNC(=O)CCC(O)/C=C/CC/C=C/C(O)COc1ccc(F)cc1. The summed E-state index contributed by atoms with van der Waals surface area (Å²) in [7, 11) is 1.57. The number of rotatable bonds is 11. The molecule has 1 aromatic carbocycles. The van der Waals surface area contributed by atoms with Crippen molar-refractivity contribution in [1.82, 2.24) is 5.32 Å². The first-order chi connectivity index (χ1) is 12.0. The van der Waals surface area contributed by atoms with E-state index in [-0.39, 0.29) is 18.3 Å². The molecule has 0 heterocycles. The minimum Gasteiger partial charge on any atom is -0.491 e. The number of aliphatic hydroxyl groups excluding tert-OH is 2. The smallest absolute Gasteiger partial charge is 0.219 e. The second kappa shape index (κ2) is 12.2. The Morgan fingerprint density at radius 2 is 1.76 bits per heavy atom. The van der Waals surface area contributed by atoms with E-state index in [4.69, 9.17) is 4.74 Å². The minimum absolute atomic E-state index is 0.0905. The van der Waals surface area contributed by atoms with E-state index in [1.54, 1.807) is 19.2 Å². The molecular formula is C19H26FNO4. The van der Waals surface area contributed by atoms with Gasteiger partial charge in [-0.1, -0.05) is 24.3 Å². The van der Waals surface area contributed by atoms with Crippen molar-refractivity contribution in [3.05, 3.63) is 54.4 Å². The molecule has 0 aromatic heterocycles. The van der Waals surface area contributed by atoms with E-state index in [0.717, 1.165) is 6.42 Å². The molecule has 1 rings (SSSR count). The summed E-state index contributed by atoms with van der Waals surface area (Å²) >= 11 is 0. The first-order valence-electron chi connectivity index (χ1n) is 8.29. The van der Waals surface area contributed by atoms with E-state index in [1.807, 2.05) is 12.2 Å². The zero-order valence-electron chi connectivity index (χ0n) is 14.4. The number of ether oxygens (including phenoxy) is 1. The Labute approximate surface area is 147 Å². The van der Waals surface area contributed by atoms with Crippen LogP contribution in [0.4, 0.5) is 4.39 Å². The Kier molecular flexibility index (Phi) is 10.2. The molecule has 0 bridgehead atoms. The number of benzene rings is 1. The molecule has 0 aliphatic carbocycles. The summed E-state index contributed by atoms with van der Waals surface area (Å²) in [5, 5.41) is 21.9. The van der Waals surface area contributed by atoms with Gasteiger partial charge in [-0.2, -0.15) is 0 Å². The lowest BCUT2D eigenvalue weighted by Crippen LogP contribution is -2.19. The Morgan fingerprint density at radius 1 is 1.16 bits per heavy atom. The molecule has 0 aliphatic heterocycles. The molecule has 0 saturated heterocycles. The van der Waals surface area contributed by atoms with Gasteiger partial charge in [0.15, 0.2) is 0 Å². The first kappa shape index (κ1) is 20.9. The molecule has 138 valence electrons. The molecule has 6 heteroatoms. The third kappa shape index (κ3) is 10.3. The lowest BCUT2D eigenvalue weighted by Gasteiger charge is -2.08. The van der Waals surface area contributed by atoms with Crippen LogP contribution in [0.3, 0.4) is 0 Å². The van der Waals surface area contributed by atoms with Crippen molar-refractivity contribution in [1.29, 1.82) is 0 Å². The Balaban J connectivity index is 2.14. The van der Waals surface area contributed by atoms with Crippen LogP contribution >= 0.6 is 0 Å². The van der Waals surface area contributed by atoms with Gasteiger partial charge in [0.25, 0.3) is 0 Å². The number of hydrogen-bond acceptors (Lipinski definition) is 4. The average molecular weight is 351 g/mol. The topological polar surface area (TPSA) is 78.8 Å². The zero-order chi connectivity index (χ0) is 18.5. The van der Waals surface area contributed by atoms with Crippen molar-refractivity contribution in [2.75, 3.05) is 13.7 Å². The van der Waals surface area contributed by atoms with Gasteiger partial charge in [-0.15, -0.1) is 0 Å². The summed E-state index contributed by atoms with van der Waals surface area (Å²) in [5.41, 5.74) is 0. The van der Waals surface area contributed by atoms with E-state index >= 15 is 0 Å². The molecule has 0 aliphatic rings. The van der Waals surface area contributed by atoms with Crippen molar-refractivity contribution in [3.8, 4) is 5.75 Å². The van der Waals surface area contributed by atoms with Crippen LogP contribution in [0.5, 0.6) is 5.75 Å². The predicted octanol–water partition coefficient (Wildman–Crippen LogP) is 2.35. The molecule has 25 heavy (non-hydrogen) atoms. The number of amides is 1. The molecule has 1 amide bonds. The van der Waals surface area contributed by atoms with E-state index < -0.39 is 12.2 Å². The average Bonchev–Trinajstić information content (AvgIpc) is 2.62. The maximum Gasteiger partial charge on any atom is 0.219 e. The zero-order valence-corrected chi connectivity index (χ0v) is 14.4. The predicted molar refractivity (Wildman–Crippen MR) is 94.7 cm³/mol. The van der Waals surface area contributed by atoms with E-state index in [2.05, 4.69) is 5.32 Å². The highest BCUT2D eigenvalue weighted by molar-refractivity contribution is 5.75. The maximum atomic E-state index is 12.7. The molecular weight excluding hydrogens is 325 g/mol. The van der Waals surface area contributed by atoms with Crippen molar-refractivity contribution in [2.45, 2.75) is 37.9 Å². The van der Waals surface area contributed by atoms with Crippen molar-refractivity contribution < 1.29 is 24.1 Å². The molecule has 1 aromatic rings. The van der Waals surface area contributed by atoms with Gasteiger partial charge in [-0.3, -0.25) is 4.79 Å². The van der Waals surface area contributed by atoms with Gasteiger partial charge in [0.2, 0.25) is 5.91 Å². The normalized spacial score (nSPS) is 13.9. The van der Waals surface area contributed by atoms with Gasteiger partial charge >= 0.3 is 0 Å². The molecule has 5 nitrogen and oxygen atoms in total. The van der Waals surface area contributed by atoms with Gasteiger partial charge in [0.05, 0.1) is 6.10 Å². The summed E-state index contributed by atoms with van der Waals surface area (Å²) in [6, 6.07) is 5.61. The van der Waals surface area contributed by atoms with Crippen LogP contribution < -0.4 is 10.1 Å². The number of allylic oxidation sites excluding steroid dienone is 2. The van der Waals surface area contributed by atoms with Gasteiger partial charge < -0.3 is 20.3 Å². The van der Waals surface area contributed by atoms with Crippen molar-refractivity contribution in [2.24, 2.45) is 0 Å². The summed E-state index contributed by atoms with van der Waals surface area (Å²) in [5.74, 6) is 0.0781. The van der Waals surface area contributed by atoms with Gasteiger partial charge in [0.1, 0.15) is 24.3 Å². The highest BCUT2D eigenvalue weighted by atomic mass is 19.1. The van der Waals surface area contributed by atoms with Crippen LogP contribution in [0.1, 0.15) is 25.7 Å². The fourth-order valence-electron chi connectivity index (χ4n) is 1.97. The van der Waals surface area contributed by atoms with Crippen LogP contribution in [0.25, 0.3) is 0 Å². The number of aliphatic hydroxyl groups is 2. The first-order valence-corrected chi connectivity index (χ1v) is 8.29. The molecule has 2 unspecified atom stereocenters. The standard InChI is InChI=1S/C19H26FNO4/c1-21-19(24)13-10-16(22)6-4-2-3-5-7-17(23)14-25-18-11-8-15(20)9-12-18/h4-9,11-12,16-17,22-23H,2-3,10,13-14H2,1H3,(H,21,24)/b6-4+,7-5+. The summed E-state index contributed by atoms with van der Waals surface area (Å²) < 4.78 is 18.1. The lowest BCUT2D eigenvalue weighted by molar-refractivity contribution is -0.121. The quantitative estimate of drug-likeness (QED) is 0.422. The lowest BCUT2D eigenvalue weighted by atomic mass is 10.1. The van der Waals surface area contributed by atoms with Gasteiger partial charge in [-0.25, -0.2) is 4.39 Å². The second-order valence-electron chi connectivity index (χ2n) is 5.55. The fourth-order valence-corrected chi connectivity index (χ4v) is 1.97. The molecule has 0 fully saturated rings. The van der Waals surface area contributed by atoms with Gasteiger partial charge in [0, 0.05) is 13.5 Å². The van der Waals surface area contributed by atoms with E-state index in [0.29, 0.717) is 25.0 Å². The van der Waals surface area contributed by atoms with Crippen LogP contribution in [0.2, 0.25) is 0 Å². The van der Waals surface area contributed by atoms with Gasteiger partial charge in [-0.05, 0) is 43.5 Å². The number of unbranched alkanes of at least 4 members (excludes halogenated alkanes) is 1. The minimum atomic E-state index is -0.743. The summed E-state index contributed by atoms with van der Waals surface area (Å²) in [6.07, 6.45) is 7.74. The fraction of sp³-hybridized carbons (Fsp3) is 0.421. The number of carbonyl (C=O) groups excluding carboxylic acids is 1. The molecule has 2 atom stereocenters. The maximum absolute atomic E-state index is 12.7. The summed E-state index contributed by atoms with van der Waals surface area (Å²) in [4.78, 5) is 11.0. The van der Waals surface area contributed by atoms with Crippen LogP contribution in [0, 0.1) is 5.82 Å². The largest absolute Gasteiger partial charge is 0.491 e. The Hall–Kier alpha value is -2.18. The summed E-state index contributed by atoms with van der Waals surface area (Å²) in [6.45, 7) is 0.0934. The van der Waals surface area contributed by atoms with Crippen LogP contribution in [-0.2, 0) is 4.79 Å². The highest BCUT2D eigenvalue weighted by Crippen LogP contribution is 2.11. The third-order valence-electron chi connectivity index (χ3n) is 3.40. The van der Waals surface area contributed by atoms with Crippen molar-refractivity contribution in [3.63, 3.8) is 0 Å². The number of nitrogens with one attached hydrogen (secondary N) is 1. The molecule has 0 saturated carbocycles. The molecule has 3 N–H and O–H groups in total. The van der Waals surface area contributed by atoms with Crippen molar-refractivity contribution >= 4 is 5.91 Å². The van der Waals surface area contributed by atoms with E-state index in [1.165, 1.54) is 24.3 Å².